The van der Waals surface area contributed by atoms with Gasteiger partial charge in [-0.15, -0.1) is 0 Å². The zero-order chi connectivity index (χ0) is 10.4. The van der Waals surface area contributed by atoms with Crippen molar-refractivity contribution in [2.24, 2.45) is 0 Å². The van der Waals surface area contributed by atoms with Gasteiger partial charge in [0.2, 0.25) is 0 Å². The monoisotopic (exact) mass is 212 g/mol. The Labute approximate surface area is 88.8 Å². The molecule has 0 saturated heterocycles. The van der Waals surface area contributed by atoms with Crippen LogP contribution in [0.2, 0.25) is 0 Å². The number of aldehydes is 1. The summed E-state index contributed by atoms with van der Waals surface area (Å²) in [7, 11) is 2.02. The standard InChI is InChI=1S/C10H16N2OS/c1-3-4-5-6-12(2)10-11-7-9(8-13)14-10/h7-8H,3-6H2,1-2H3. The Bertz CT molecular complexity index is 285. The van der Waals surface area contributed by atoms with Crippen LogP contribution >= 0.6 is 11.3 Å². The fourth-order valence-corrected chi connectivity index (χ4v) is 1.92. The molecule has 0 aliphatic carbocycles. The molecule has 1 heterocycles. The first kappa shape index (κ1) is 11.2. The average molecular weight is 212 g/mol. The molecular weight excluding hydrogens is 196 g/mol. The normalized spacial score (nSPS) is 10.1. The van der Waals surface area contributed by atoms with Gasteiger partial charge in [0.25, 0.3) is 0 Å². The molecule has 0 fully saturated rings. The third kappa shape index (κ3) is 3.10. The van der Waals surface area contributed by atoms with E-state index in [1.807, 2.05) is 7.05 Å². The highest BCUT2D eigenvalue weighted by Crippen LogP contribution is 2.20. The molecule has 0 aromatic carbocycles. The molecule has 4 heteroatoms. The maximum atomic E-state index is 10.5. The summed E-state index contributed by atoms with van der Waals surface area (Å²) in [6, 6.07) is 0. The highest BCUT2D eigenvalue weighted by Gasteiger charge is 2.05. The van der Waals surface area contributed by atoms with Crippen LogP contribution in [0.15, 0.2) is 6.20 Å². The summed E-state index contributed by atoms with van der Waals surface area (Å²) in [6.07, 6.45) is 6.13. The van der Waals surface area contributed by atoms with Crippen molar-refractivity contribution < 1.29 is 4.79 Å². The van der Waals surface area contributed by atoms with Gasteiger partial charge in [0.05, 0.1) is 11.1 Å². The van der Waals surface area contributed by atoms with E-state index >= 15 is 0 Å². The molecule has 1 aromatic heterocycles. The van der Waals surface area contributed by atoms with Crippen LogP contribution in [0.1, 0.15) is 35.9 Å². The van der Waals surface area contributed by atoms with E-state index in [9.17, 15) is 4.79 Å². The number of unbranched alkanes of at least 4 members (excludes halogenated alkanes) is 2. The number of nitrogens with zero attached hydrogens (tertiary/aromatic N) is 2. The molecule has 0 saturated carbocycles. The summed E-state index contributed by atoms with van der Waals surface area (Å²) in [4.78, 5) is 17.4. The van der Waals surface area contributed by atoms with E-state index in [1.165, 1.54) is 30.6 Å². The zero-order valence-electron chi connectivity index (χ0n) is 8.69. The van der Waals surface area contributed by atoms with Crippen molar-refractivity contribution in [1.29, 1.82) is 0 Å². The van der Waals surface area contributed by atoms with Crippen LogP contribution in [0.4, 0.5) is 5.13 Å². The van der Waals surface area contributed by atoms with Gasteiger partial charge in [-0.25, -0.2) is 4.98 Å². The molecule has 0 bridgehead atoms. The number of carbonyl (C=O) groups excluding carboxylic acids is 1. The minimum Gasteiger partial charge on any atom is -0.351 e. The van der Waals surface area contributed by atoms with Crippen LogP contribution in [-0.4, -0.2) is 24.9 Å². The lowest BCUT2D eigenvalue weighted by Gasteiger charge is -2.14. The smallest absolute Gasteiger partial charge is 0.185 e. The summed E-state index contributed by atoms with van der Waals surface area (Å²) in [5.41, 5.74) is 0. The molecule has 0 radical (unpaired) electrons. The van der Waals surface area contributed by atoms with Crippen LogP contribution in [0.3, 0.4) is 0 Å². The van der Waals surface area contributed by atoms with Crippen molar-refractivity contribution in [2.45, 2.75) is 26.2 Å². The number of thiazole rings is 1. The minimum absolute atomic E-state index is 0.697. The number of aromatic nitrogens is 1. The lowest BCUT2D eigenvalue weighted by Crippen LogP contribution is -2.17. The molecule has 0 aliphatic rings. The quantitative estimate of drug-likeness (QED) is 0.537. The Morgan fingerprint density at radius 2 is 2.36 bits per heavy atom. The van der Waals surface area contributed by atoms with Crippen molar-refractivity contribution in [3.63, 3.8) is 0 Å². The summed E-state index contributed by atoms with van der Waals surface area (Å²) in [5.74, 6) is 0. The predicted molar refractivity (Wildman–Crippen MR) is 60.3 cm³/mol. The molecule has 1 aromatic rings. The topological polar surface area (TPSA) is 33.2 Å². The highest BCUT2D eigenvalue weighted by molar-refractivity contribution is 7.17. The maximum Gasteiger partial charge on any atom is 0.185 e. The van der Waals surface area contributed by atoms with E-state index in [2.05, 4.69) is 16.8 Å². The lowest BCUT2D eigenvalue weighted by molar-refractivity contribution is 0.112. The fraction of sp³-hybridized carbons (Fsp3) is 0.600. The molecule has 78 valence electrons. The molecule has 0 aliphatic heterocycles. The van der Waals surface area contributed by atoms with Gasteiger partial charge in [0, 0.05) is 13.6 Å². The minimum atomic E-state index is 0.697. The first-order valence-corrected chi connectivity index (χ1v) is 5.71. The van der Waals surface area contributed by atoms with E-state index in [4.69, 9.17) is 0 Å². The van der Waals surface area contributed by atoms with E-state index in [0.717, 1.165) is 18.0 Å². The van der Waals surface area contributed by atoms with Crippen molar-refractivity contribution in [3.8, 4) is 0 Å². The van der Waals surface area contributed by atoms with E-state index in [-0.39, 0.29) is 0 Å². The molecule has 0 N–H and O–H groups in total. The number of rotatable bonds is 6. The van der Waals surface area contributed by atoms with Crippen LogP contribution in [0, 0.1) is 0 Å². The van der Waals surface area contributed by atoms with Crippen LogP contribution < -0.4 is 4.90 Å². The SMILES string of the molecule is CCCCCN(C)c1ncc(C=O)s1. The van der Waals surface area contributed by atoms with E-state index < -0.39 is 0 Å². The van der Waals surface area contributed by atoms with Crippen molar-refractivity contribution >= 4 is 22.8 Å². The van der Waals surface area contributed by atoms with Crippen LogP contribution in [-0.2, 0) is 0 Å². The predicted octanol–water partition coefficient (Wildman–Crippen LogP) is 2.58. The molecule has 0 spiro atoms. The summed E-state index contributed by atoms with van der Waals surface area (Å²) in [5, 5.41) is 0.934. The van der Waals surface area contributed by atoms with Gasteiger partial charge in [-0.05, 0) is 6.42 Å². The Morgan fingerprint density at radius 1 is 1.57 bits per heavy atom. The molecule has 0 atom stereocenters. The Morgan fingerprint density at radius 3 is 2.93 bits per heavy atom. The van der Waals surface area contributed by atoms with Crippen molar-refractivity contribution in [3.05, 3.63) is 11.1 Å². The first-order valence-electron chi connectivity index (χ1n) is 4.90. The van der Waals surface area contributed by atoms with Crippen LogP contribution in [0.5, 0.6) is 0 Å². The van der Waals surface area contributed by atoms with Crippen molar-refractivity contribution in [1.82, 2.24) is 4.98 Å². The molecule has 1 rings (SSSR count). The van der Waals surface area contributed by atoms with Gasteiger partial charge >= 0.3 is 0 Å². The average Bonchev–Trinajstić information content (AvgIpc) is 2.66. The van der Waals surface area contributed by atoms with Gasteiger partial charge in [-0.1, -0.05) is 31.1 Å². The Kier molecular flexibility index (Phi) is 4.59. The third-order valence-electron chi connectivity index (χ3n) is 2.05. The molecule has 0 amide bonds. The number of carbonyl (C=O) groups is 1. The fourth-order valence-electron chi connectivity index (χ4n) is 1.20. The van der Waals surface area contributed by atoms with Gasteiger partial charge < -0.3 is 4.90 Å². The summed E-state index contributed by atoms with van der Waals surface area (Å²) in [6.45, 7) is 3.20. The van der Waals surface area contributed by atoms with Gasteiger partial charge in [-0.2, -0.15) is 0 Å². The first-order chi connectivity index (χ1) is 6.77. The van der Waals surface area contributed by atoms with E-state index in [1.54, 1.807) is 6.20 Å². The summed E-state index contributed by atoms with van der Waals surface area (Å²) >= 11 is 1.45. The Hall–Kier alpha value is -0.900. The second kappa shape index (κ2) is 5.75. The van der Waals surface area contributed by atoms with Gasteiger partial charge in [0.1, 0.15) is 0 Å². The van der Waals surface area contributed by atoms with Gasteiger partial charge in [0.15, 0.2) is 11.4 Å². The second-order valence-electron chi connectivity index (χ2n) is 3.29. The van der Waals surface area contributed by atoms with Crippen LogP contribution in [0.25, 0.3) is 0 Å². The number of anilines is 1. The maximum absolute atomic E-state index is 10.5. The molecule has 0 unspecified atom stereocenters. The summed E-state index contributed by atoms with van der Waals surface area (Å²) < 4.78 is 0. The molecule has 14 heavy (non-hydrogen) atoms. The molecular formula is C10H16N2OS. The lowest BCUT2D eigenvalue weighted by atomic mass is 10.2. The number of hydrogen-bond acceptors (Lipinski definition) is 4. The molecule has 3 nitrogen and oxygen atoms in total. The van der Waals surface area contributed by atoms with Crippen molar-refractivity contribution in [2.75, 3.05) is 18.5 Å². The van der Waals surface area contributed by atoms with E-state index in [0.29, 0.717) is 4.88 Å². The number of hydrogen-bond donors (Lipinski definition) is 0. The zero-order valence-corrected chi connectivity index (χ0v) is 9.51. The largest absolute Gasteiger partial charge is 0.351 e. The Balaban J connectivity index is 2.43. The second-order valence-corrected chi connectivity index (χ2v) is 4.33. The van der Waals surface area contributed by atoms with Gasteiger partial charge in [-0.3, -0.25) is 4.79 Å². The third-order valence-corrected chi connectivity index (χ3v) is 3.09. The highest BCUT2D eigenvalue weighted by atomic mass is 32.1.